The SMILES string of the molecule is O=C(Cn1nc(-c2ccccc2F)ccc1=O)NCC1CCCN2CCCCC12. The Morgan fingerprint density at radius 2 is 1.93 bits per heavy atom. The van der Waals surface area contributed by atoms with Crippen LogP contribution in [0, 0.1) is 11.7 Å². The van der Waals surface area contributed by atoms with Crippen molar-refractivity contribution in [1.29, 1.82) is 0 Å². The van der Waals surface area contributed by atoms with Gasteiger partial charge in [-0.25, -0.2) is 9.07 Å². The third-order valence-corrected chi connectivity index (χ3v) is 6.10. The first kappa shape index (κ1) is 19.8. The number of carbonyl (C=O) groups is 1. The Balaban J connectivity index is 1.40. The Hall–Kier alpha value is -2.54. The number of hydrogen-bond donors (Lipinski definition) is 1. The van der Waals surface area contributed by atoms with E-state index < -0.39 is 5.82 Å². The molecule has 0 radical (unpaired) electrons. The predicted octanol–water partition coefficient (Wildman–Crippen LogP) is 2.43. The van der Waals surface area contributed by atoms with Gasteiger partial charge >= 0.3 is 0 Å². The van der Waals surface area contributed by atoms with Gasteiger partial charge in [0.1, 0.15) is 12.4 Å². The molecule has 6 nitrogen and oxygen atoms in total. The fourth-order valence-corrected chi connectivity index (χ4v) is 4.63. The summed E-state index contributed by atoms with van der Waals surface area (Å²) in [7, 11) is 0. The highest BCUT2D eigenvalue weighted by molar-refractivity contribution is 5.75. The summed E-state index contributed by atoms with van der Waals surface area (Å²) < 4.78 is 15.1. The molecule has 2 aromatic rings. The Morgan fingerprint density at radius 3 is 2.79 bits per heavy atom. The molecule has 2 aliphatic rings. The summed E-state index contributed by atoms with van der Waals surface area (Å²) in [5.74, 6) is -0.190. The summed E-state index contributed by atoms with van der Waals surface area (Å²) in [5, 5.41) is 7.19. The summed E-state index contributed by atoms with van der Waals surface area (Å²) in [6.07, 6.45) is 6.02. The molecule has 0 bridgehead atoms. The Bertz CT molecular complexity index is 927. The van der Waals surface area contributed by atoms with Gasteiger partial charge in [-0.15, -0.1) is 0 Å². The molecule has 29 heavy (non-hydrogen) atoms. The van der Waals surface area contributed by atoms with E-state index in [1.54, 1.807) is 18.2 Å². The van der Waals surface area contributed by atoms with Gasteiger partial charge < -0.3 is 10.2 Å². The number of carbonyl (C=O) groups excluding carboxylic acids is 1. The summed E-state index contributed by atoms with van der Waals surface area (Å²) in [5.41, 5.74) is 0.262. The van der Waals surface area contributed by atoms with E-state index in [1.807, 2.05) is 0 Å². The lowest BCUT2D eigenvalue weighted by Gasteiger charge is -2.44. The van der Waals surface area contributed by atoms with Crippen LogP contribution in [0.2, 0.25) is 0 Å². The van der Waals surface area contributed by atoms with Crippen LogP contribution in [0.1, 0.15) is 32.1 Å². The molecule has 3 heterocycles. The second-order valence-electron chi connectivity index (χ2n) is 8.00. The molecule has 0 saturated carbocycles. The summed E-state index contributed by atoms with van der Waals surface area (Å²) in [6, 6.07) is 9.62. The molecule has 2 fully saturated rings. The lowest BCUT2D eigenvalue weighted by atomic mass is 9.83. The fourth-order valence-electron chi connectivity index (χ4n) is 4.63. The maximum atomic E-state index is 14.0. The van der Waals surface area contributed by atoms with Gasteiger partial charge in [-0.1, -0.05) is 18.6 Å². The largest absolute Gasteiger partial charge is 0.354 e. The lowest BCUT2D eigenvalue weighted by Crippen LogP contribution is -2.51. The van der Waals surface area contributed by atoms with Gasteiger partial charge in [0.2, 0.25) is 5.91 Å². The quantitative estimate of drug-likeness (QED) is 0.840. The molecule has 2 atom stereocenters. The second-order valence-corrected chi connectivity index (χ2v) is 8.00. The van der Waals surface area contributed by atoms with Crippen molar-refractivity contribution in [2.45, 2.75) is 44.7 Å². The smallest absolute Gasteiger partial charge is 0.267 e. The van der Waals surface area contributed by atoms with Crippen molar-refractivity contribution >= 4 is 5.91 Å². The summed E-state index contributed by atoms with van der Waals surface area (Å²) in [6.45, 7) is 2.79. The van der Waals surface area contributed by atoms with Crippen LogP contribution in [0.3, 0.4) is 0 Å². The van der Waals surface area contributed by atoms with Crippen molar-refractivity contribution < 1.29 is 9.18 Å². The van der Waals surface area contributed by atoms with Crippen molar-refractivity contribution in [2.75, 3.05) is 19.6 Å². The number of aromatic nitrogens is 2. The minimum Gasteiger partial charge on any atom is -0.354 e. The van der Waals surface area contributed by atoms with E-state index in [4.69, 9.17) is 0 Å². The monoisotopic (exact) mass is 398 g/mol. The van der Waals surface area contributed by atoms with Crippen LogP contribution in [0.5, 0.6) is 0 Å². The Kier molecular flexibility index (Phi) is 6.04. The number of nitrogens with zero attached hydrogens (tertiary/aromatic N) is 3. The fraction of sp³-hybridized carbons (Fsp3) is 0.500. The normalized spacial score (nSPS) is 22.1. The number of hydrogen-bond acceptors (Lipinski definition) is 4. The third-order valence-electron chi connectivity index (χ3n) is 6.10. The van der Waals surface area contributed by atoms with Gasteiger partial charge in [-0.3, -0.25) is 9.59 Å². The summed E-state index contributed by atoms with van der Waals surface area (Å²) in [4.78, 5) is 27.2. The van der Waals surface area contributed by atoms with Gasteiger partial charge in [-0.2, -0.15) is 5.10 Å². The highest BCUT2D eigenvalue weighted by atomic mass is 19.1. The minimum absolute atomic E-state index is 0.164. The molecule has 2 saturated heterocycles. The van der Waals surface area contributed by atoms with Gasteiger partial charge in [0.05, 0.1) is 5.69 Å². The number of fused-ring (bicyclic) bond motifs is 1. The molecule has 2 unspecified atom stereocenters. The first-order valence-corrected chi connectivity index (χ1v) is 10.5. The molecule has 7 heteroatoms. The average molecular weight is 398 g/mol. The second kappa shape index (κ2) is 8.86. The number of nitrogens with one attached hydrogen (secondary N) is 1. The lowest BCUT2D eigenvalue weighted by molar-refractivity contribution is -0.122. The molecule has 4 rings (SSSR count). The van der Waals surface area contributed by atoms with Crippen molar-refractivity contribution in [3.8, 4) is 11.3 Å². The molecular formula is C22H27FN4O2. The number of piperidine rings is 2. The van der Waals surface area contributed by atoms with Gasteiger partial charge in [0.15, 0.2) is 0 Å². The maximum absolute atomic E-state index is 14.0. The first-order valence-electron chi connectivity index (χ1n) is 10.5. The van der Waals surface area contributed by atoms with Crippen LogP contribution in [0.25, 0.3) is 11.3 Å². The molecule has 1 N–H and O–H groups in total. The number of amides is 1. The molecule has 154 valence electrons. The zero-order valence-corrected chi connectivity index (χ0v) is 16.5. The van der Waals surface area contributed by atoms with E-state index in [2.05, 4.69) is 15.3 Å². The highest BCUT2D eigenvalue weighted by Gasteiger charge is 2.32. The number of halogens is 1. The predicted molar refractivity (Wildman–Crippen MR) is 109 cm³/mol. The summed E-state index contributed by atoms with van der Waals surface area (Å²) >= 11 is 0. The molecule has 1 aromatic carbocycles. The van der Waals surface area contributed by atoms with E-state index in [0.29, 0.717) is 29.8 Å². The maximum Gasteiger partial charge on any atom is 0.267 e. The van der Waals surface area contributed by atoms with Crippen molar-refractivity contribution in [1.82, 2.24) is 20.0 Å². The van der Waals surface area contributed by atoms with Crippen LogP contribution in [-0.4, -0.2) is 46.3 Å². The van der Waals surface area contributed by atoms with Crippen molar-refractivity contribution in [2.24, 2.45) is 5.92 Å². The van der Waals surface area contributed by atoms with E-state index in [-0.39, 0.29) is 18.0 Å². The van der Waals surface area contributed by atoms with E-state index in [1.165, 1.54) is 43.9 Å². The van der Waals surface area contributed by atoms with Crippen LogP contribution in [-0.2, 0) is 11.3 Å². The molecule has 0 aliphatic carbocycles. The van der Waals surface area contributed by atoms with Gasteiger partial charge in [-0.05, 0) is 62.9 Å². The van der Waals surface area contributed by atoms with E-state index >= 15 is 0 Å². The average Bonchev–Trinajstić information content (AvgIpc) is 2.74. The van der Waals surface area contributed by atoms with Gasteiger partial charge in [0, 0.05) is 24.2 Å². The molecule has 2 aliphatic heterocycles. The Morgan fingerprint density at radius 1 is 1.10 bits per heavy atom. The highest BCUT2D eigenvalue weighted by Crippen LogP contribution is 2.30. The van der Waals surface area contributed by atoms with Crippen molar-refractivity contribution in [3.63, 3.8) is 0 Å². The molecular weight excluding hydrogens is 371 g/mol. The van der Waals surface area contributed by atoms with E-state index in [0.717, 1.165) is 24.2 Å². The first-order chi connectivity index (χ1) is 14.1. The van der Waals surface area contributed by atoms with Crippen molar-refractivity contribution in [3.05, 3.63) is 52.6 Å². The number of benzene rings is 1. The van der Waals surface area contributed by atoms with E-state index in [9.17, 15) is 14.0 Å². The van der Waals surface area contributed by atoms with Gasteiger partial charge in [0.25, 0.3) is 5.56 Å². The zero-order valence-electron chi connectivity index (χ0n) is 16.5. The van der Waals surface area contributed by atoms with Crippen LogP contribution >= 0.6 is 0 Å². The molecule has 1 aromatic heterocycles. The van der Waals surface area contributed by atoms with Crippen LogP contribution < -0.4 is 10.9 Å². The molecule has 1 amide bonds. The zero-order chi connectivity index (χ0) is 20.2. The Labute approximate surface area is 169 Å². The van der Waals surface area contributed by atoms with Crippen LogP contribution in [0.4, 0.5) is 4.39 Å². The molecule has 0 spiro atoms. The van der Waals surface area contributed by atoms with Crippen LogP contribution in [0.15, 0.2) is 41.2 Å². The topological polar surface area (TPSA) is 67.2 Å². The third kappa shape index (κ3) is 4.56. The number of rotatable bonds is 5. The minimum atomic E-state index is -0.413. The standard InChI is InChI=1S/C22H27FN4O2/c23-18-8-2-1-7-17(18)19-10-11-22(29)27(25-19)15-21(28)24-14-16-6-5-13-26-12-4-3-9-20(16)26/h1-2,7-8,10-11,16,20H,3-6,9,12-15H2,(H,24,28).